The predicted molar refractivity (Wildman–Crippen MR) is 110 cm³/mol. The maximum atomic E-state index is 12.0. The summed E-state index contributed by atoms with van der Waals surface area (Å²) in [7, 11) is 1.68. The lowest BCUT2D eigenvalue weighted by Gasteiger charge is -2.16. The van der Waals surface area contributed by atoms with Crippen molar-refractivity contribution in [2.24, 2.45) is 0 Å². The fraction of sp³-hybridized carbons (Fsp3) is 0.174. The third kappa shape index (κ3) is 3.75. The first-order valence-electron chi connectivity index (χ1n) is 9.39. The van der Waals surface area contributed by atoms with Gasteiger partial charge in [0.05, 0.1) is 28.9 Å². The standard InChI is InChI=1S/C23H21N3O3/c1-3-29-23(27)17-10-11-21-20(14-17)25-15-26(21)18-8-6-7-16(13-18)22(28-2)19-9-4-5-12-24-19/h4-15,22H,3H2,1-2H3. The molecule has 0 amide bonds. The Bertz CT molecular complexity index is 1140. The van der Waals surface area contributed by atoms with Gasteiger partial charge in [0, 0.05) is 19.0 Å². The number of nitrogens with zero attached hydrogens (tertiary/aromatic N) is 3. The van der Waals surface area contributed by atoms with Crippen LogP contribution in [0.5, 0.6) is 0 Å². The molecular weight excluding hydrogens is 366 g/mol. The van der Waals surface area contributed by atoms with Crippen molar-refractivity contribution >= 4 is 17.0 Å². The monoisotopic (exact) mass is 387 g/mol. The summed E-state index contributed by atoms with van der Waals surface area (Å²) in [6, 6.07) is 19.2. The molecule has 2 heterocycles. The maximum Gasteiger partial charge on any atom is 0.338 e. The van der Waals surface area contributed by atoms with Gasteiger partial charge in [-0.2, -0.15) is 0 Å². The van der Waals surface area contributed by atoms with Crippen LogP contribution in [0.15, 0.2) is 73.2 Å². The van der Waals surface area contributed by atoms with Crippen molar-refractivity contribution in [3.63, 3.8) is 0 Å². The van der Waals surface area contributed by atoms with Gasteiger partial charge in [-0.15, -0.1) is 0 Å². The zero-order valence-corrected chi connectivity index (χ0v) is 16.3. The summed E-state index contributed by atoms with van der Waals surface area (Å²) >= 11 is 0. The molecule has 1 atom stereocenters. The molecule has 4 aromatic rings. The fourth-order valence-corrected chi connectivity index (χ4v) is 3.36. The number of benzene rings is 2. The van der Waals surface area contributed by atoms with E-state index >= 15 is 0 Å². The van der Waals surface area contributed by atoms with Crippen LogP contribution in [0.3, 0.4) is 0 Å². The van der Waals surface area contributed by atoms with Crippen molar-refractivity contribution in [2.45, 2.75) is 13.0 Å². The number of carbonyl (C=O) groups is 1. The molecule has 0 spiro atoms. The van der Waals surface area contributed by atoms with E-state index in [2.05, 4.69) is 16.0 Å². The Morgan fingerprint density at radius 2 is 1.97 bits per heavy atom. The number of hydrogen-bond donors (Lipinski definition) is 0. The Morgan fingerprint density at radius 1 is 1.07 bits per heavy atom. The van der Waals surface area contributed by atoms with Crippen LogP contribution in [0.4, 0.5) is 0 Å². The Morgan fingerprint density at radius 3 is 2.72 bits per heavy atom. The van der Waals surface area contributed by atoms with E-state index in [1.165, 1.54) is 0 Å². The summed E-state index contributed by atoms with van der Waals surface area (Å²) in [5.74, 6) is -0.343. The van der Waals surface area contributed by atoms with Gasteiger partial charge in [-0.1, -0.05) is 18.2 Å². The highest BCUT2D eigenvalue weighted by Crippen LogP contribution is 2.27. The smallest absolute Gasteiger partial charge is 0.338 e. The van der Waals surface area contributed by atoms with Crippen molar-refractivity contribution in [2.75, 3.05) is 13.7 Å². The summed E-state index contributed by atoms with van der Waals surface area (Å²) < 4.78 is 12.8. The SMILES string of the molecule is CCOC(=O)c1ccc2c(c1)ncn2-c1cccc(C(OC)c2ccccn2)c1. The number of carbonyl (C=O) groups excluding carboxylic acids is 1. The second kappa shape index (κ2) is 8.24. The minimum atomic E-state index is -0.343. The summed E-state index contributed by atoms with van der Waals surface area (Å²) in [5, 5.41) is 0. The van der Waals surface area contributed by atoms with E-state index < -0.39 is 0 Å². The average Bonchev–Trinajstić information content (AvgIpc) is 3.19. The molecule has 0 aliphatic rings. The number of methoxy groups -OCH3 is 1. The van der Waals surface area contributed by atoms with Crippen molar-refractivity contribution in [1.82, 2.24) is 14.5 Å². The van der Waals surface area contributed by atoms with E-state index in [1.807, 2.05) is 47.0 Å². The molecule has 6 heteroatoms. The first kappa shape index (κ1) is 18.8. The third-order valence-corrected chi connectivity index (χ3v) is 4.70. The second-order valence-electron chi connectivity index (χ2n) is 6.50. The molecule has 146 valence electrons. The topological polar surface area (TPSA) is 66.2 Å². The van der Waals surface area contributed by atoms with Gasteiger partial charge in [-0.3, -0.25) is 9.55 Å². The molecule has 0 bridgehead atoms. The van der Waals surface area contributed by atoms with E-state index in [1.54, 1.807) is 38.7 Å². The lowest BCUT2D eigenvalue weighted by atomic mass is 10.0. The first-order chi connectivity index (χ1) is 14.2. The van der Waals surface area contributed by atoms with E-state index in [9.17, 15) is 4.79 Å². The van der Waals surface area contributed by atoms with Crippen LogP contribution < -0.4 is 0 Å². The predicted octanol–water partition coefficient (Wildman–Crippen LogP) is 4.33. The number of ether oxygens (including phenoxy) is 2. The van der Waals surface area contributed by atoms with E-state index in [4.69, 9.17) is 9.47 Å². The van der Waals surface area contributed by atoms with E-state index in [-0.39, 0.29) is 12.1 Å². The van der Waals surface area contributed by atoms with Gasteiger partial charge in [0.15, 0.2) is 0 Å². The zero-order valence-electron chi connectivity index (χ0n) is 16.3. The number of esters is 1. The molecule has 0 saturated carbocycles. The van der Waals surface area contributed by atoms with Gasteiger partial charge in [0.2, 0.25) is 0 Å². The Labute approximate surface area is 168 Å². The van der Waals surface area contributed by atoms with Gasteiger partial charge >= 0.3 is 5.97 Å². The Kier molecular flexibility index (Phi) is 5.35. The molecule has 0 fully saturated rings. The van der Waals surface area contributed by atoms with Crippen molar-refractivity contribution in [1.29, 1.82) is 0 Å². The number of rotatable bonds is 6. The van der Waals surface area contributed by atoms with Gasteiger partial charge in [-0.05, 0) is 55.0 Å². The molecule has 0 aliphatic heterocycles. The highest BCUT2D eigenvalue weighted by atomic mass is 16.5. The van der Waals surface area contributed by atoms with Crippen LogP contribution in [-0.2, 0) is 9.47 Å². The maximum absolute atomic E-state index is 12.0. The number of hydrogen-bond acceptors (Lipinski definition) is 5. The average molecular weight is 387 g/mol. The second-order valence-corrected chi connectivity index (χ2v) is 6.50. The van der Waals surface area contributed by atoms with E-state index in [0.717, 1.165) is 28.0 Å². The molecule has 2 aromatic heterocycles. The number of fused-ring (bicyclic) bond motifs is 1. The highest BCUT2D eigenvalue weighted by Gasteiger charge is 2.16. The summed E-state index contributed by atoms with van der Waals surface area (Å²) in [4.78, 5) is 20.9. The molecular formula is C23H21N3O3. The van der Waals surface area contributed by atoms with Crippen LogP contribution >= 0.6 is 0 Å². The highest BCUT2D eigenvalue weighted by molar-refractivity contribution is 5.94. The molecule has 0 radical (unpaired) electrons. The summed E-state index contributed by atoms with van der Waals surface area (Å²) in [6.07, 6.45) is 3.25. The van der Waals surface area contributed by atoms with Crippen LogP contribution in [0, 0.1) is 0 Å². The number of imidazole rings is 1. The van der Waals surface area contributed by atoms with Crippen molar-refractivity contribution in [3.8, 4) is 5.69 Å². The van der Waals surface area contributed by atoms with Gasteiger partial charge in [0.25, 0.3) is 0 Å². The van der Waals surface area contributed by atoms with Gasteiger partial charge < -0.3 is 9.47 Å². The Balaban J connectivity index is 1.71. The molecule has 29 heavy (non-hydrogen) atoms. The molecule has 6 nitrogen and oxygen atoms in total. The molecule has 1 unspecified atom stereocenters. The van der Waals surface area contributed by atoms with E-state index in [0.29, 0.717) is 12.2 Å². The largest absolute Gasteiger partial charge is 0.462 e. The molecule has 0 N–H and O–H groups in total. The minimum Gasteiger partial charge on any atom is -0.462 e. The van der Waals surface area contributed by atoms with Gasteiger partial charge in [-0.25, -0.2) is 9.78 Å². The molecule has 2 aromatic carbocycles. The lowest BCUT2D eigenvalue weighted by molar-refractivity contribution is 0.0526. The lowest BCUT2D eigenvalue weighted by Crippen LogP contribution is -2.06. The molecule has 0 saturated heterocycles. The third-order valence-electron chi connectivity index (χ3n) is 4.70. The summed E-state index contributed by atoms with van der Waals surface area (Å²) in [5.41, 5.74) is 4.92. The first-order valence-corrected chi connectivity index (χ1v) is 9.39. The zero-order chi connectivity index (χ0) is 20.2. The van der Waals surface area contributed by atoms with Crippen LogP contribution in [0.2, 0.25) is 0 Å². The van der Waals surface area contributed by atoms with Crippen LogP contribution in [-0.4, -0.2) is 34.2 Å². The molecule has 4 rings (SSSR count). The van der Waals surface area contributed by atoms with Gasteiger partial charge in [0.1, 0.15) is 12.4 Å². The minimum absolute atomic E-state index is 0.263. The van der Waals surface area contributed by atoms with Crippen molar-refractivity contribution in [3.05, 3.63) is 90.0 Å². The van der Waals surface area contributed by atoms with Crippen molar-refractivity contribution < 1.29 is 14.3 Å². The normalized spacial score (nSPS) is 12.1. The number of aromatic nitrogens is 3. The number of pyridine rings is 1. The Hall–Kier alpha value is -3.51. The van der Waals surface area contributed by atoms with Crippen LogP contribution in [0.1, 0.15) is 34.6 Å². The fourth-order valence-electron chi connectivity index (χ4n) is 3.36. The molecule has 0 aliphatic carbocycles. The summed E-state index contributed by atoms with van der Waals surface area (Å²) in [6.45, 7) is 2.13. The quantitative estimate of drug-likeness (QED) is 0.461. The van der Waals surface area contributed by atoms with Crippen LogP contribution in [0.25, 0.3) is 16.7 Å².